The molecule has 0 bridgehead atoms. The van der Waals surface area contributed by atoms with Gasteiger partial charge in [0.25, 0.3) is 0 Å². The van der Waals surface area contributed by atoms with Crippen LogP contribution in [-0.4, -0.2) is 53.1 Å². The lowest BCUT2D eigenvalue weighted by Crippen LogP contribution is -2.18. The van der Waals surface area contributed by atoms with Gasteiger partial charge in [-0.25, -0.2) is 9.37 Å². The Morgan fingerprint density at radius 1 is 0.972 bits per heavy atom. The molecule has 0 atom stereocenters. The highest BCUT2D eigenvalue weighted by atomic mass is 32.1. The zero-order valence-corrected chi connectivity index (χ0v) is 20.0. The molecule has 1 saturated heterocycles. The Balaban J connectivity index is 1.32. The van der Waals surface area contributed by atoms with Gasteiger partial charge in [0.15, 0.2) is 11.6 Å². The number of hydrogen-bond donors (Lipinski definition) is 2. The van der Waals surface area contributed by atoms with Crippen molar-refractivity contribution in [1.29, 1.82) is 0 Å². The number of likely N-dealkylation sites (tertiary alicyclic amines) is 1. The Kier molecular flexibility index (Phi) is 5.07. The number of thiophene rings is 1. The highest BCUT2D eigenvalue weighted by Crippen LogP contribution is 2.34. The van der Waals surface area contributed by atoms with Crippen LogP contribution >= 0.6 is 11.3 Å². The topological polar surface area (TPSA) is 99.3 Å². The molecule has 7 rings (SSSR count). The van der Waals surface area contributed by atoms with Gasteiger partial charge in [0.1, 0.15) is 16.9 Å². The number of nitrogens with zero attached hydrogens (tertiary/aromatic N) is 6. The molecular formula is C26H21FN8S. The molecule has 0 amide bonds. The fraction of sp³-hybridized carbons (Fsp3) is 0.192. The van der Waals surface area contributed by atoms with Crippen LogP contribution in [0, 0.1) is 5.82 Å². The maximum atomic E-state index is 16.0. The lowest BCUT2D eigenvalue weighted by molar-refractivity contribution is 0.331. The lowest BCUT2D eigenvalue weighted by atomic mass is 10.1. The van der Waals surface area contributed by atoms with E-state index in [1.165, 1.54) is 12.8 Å². The average Bonchev–Trinajstić information content (AvgIpc) is 3.70. The second kappa shape index (κ2) is 8.58. The summed E-state index contributed by atoms with van der Waals surface area (Å²) in [5.41, 5.74) is 6.34. The first kappa shape index (κ1) is 21.3. The van der Waals surface area contributed by atoms with Gasteiger partial charge >= 0.3 is 0 Å². The number of rotatable bonds is 5. The summed E-state index contributed by atoms with van der Waals surface area (Å²) < 4.78 is 16.0. The molecule has 6 aromatic heterocycles. The first-order valence-corrected chi connectivity index (χ1v) is 12.7. The van der Waals surface area contributed by atoms with E-state index >= 15 is 4.39 Å². The number of aromatic nitrogens is 7. The molecule has 7 heterocycles. The van der Waals surface area contributed by atoms with Crippen molar-refractivity contribution in [3.8, 4) is 33.9 Å². The third-order valence-corrected chi connectivity index (χ3v) is 7.35. The zero-order chi connectivity index (χ0) is 24.1. The predicted octanol–water partition coefficient (Wildman–Crippen LogP) is 5.42. The third-order valence-electron chi connectivity index (χ3n) is 6.67. The Morgan fingerprint density at radius 3 is 2.72 bits per heavy atom. The molecule has 10 heteroatoms. The molecular weight excluding hydrogens is 475 g/mol. The minimum atomic E-state index is -0.451. The molecule has 6 aromatic rings. The van der Waals surface area contributed by atoms with E-state index in [9.17, 15) is 0 Å². The van der Waals surface area contributed by atoms with Crippen molar-refractivity contribution < 1.29 is 4.39 Å². The zero-order valence-electron chi connectivity index (χ0n) is 19.2. The maximum absolute atomic E-state index is 16.0. The van der Waals surface area contributed by atoms with Crippen LogP contribution in [0.15, 0.2) is 53.9 Å². The molecule has 0 aromatic carbocycles. The summed E-state index contributed by atoms with van der Waals surface area (Å²) in [5.74, 6) is 0.0192. The second-order valence-electron chi connectivity index (χ2n) is 9.03. The fourth-order valence-electron chi connectivity index (χ4n) is 4.92. The largest absolute Gasteiger partial charge is 0.335 e. The van der Waals surface area contributed by atoms with Gasteiger partial charge in [-0.15, -0.1) is 0 Å². The van der Waals surface area contributed by atoms with Crippen LogP contribution in [0.5, 0.6) is 0 Å². The van der Waals surface area contributed by atoms with Crippen molar-refractivity contribution in [2.75, 3.05) is 13.1 Å². The van der Waals surface area contributed by atoms with Crippen molar-refractivity contribution in [3.05, 3.63) is 65.3 Å². The highest BCUT2D eigenvalue weighted by Gasteiger charge is 2.22. The van der Waals surface area contributed by atoms with Gasteiger partial charge in [-0.1, -0.05) is 0 Å². The maximum Gasteiger partial charge on any atom is 0.161 e. The Hall–Kier alpha value is -4.02. The lowest BCUT2D eigenvalue weighted by Gasteiger charge is -2.14. The van der Waals surface area contributed by atoms with E-state index in [2.05, 4.69) is 40.4 Å². The molecule has 0 unspecified atom stereocenters. The summed E-state index contributed by atoms with van der Waals surface area (Å²) in [5, 5.41) is 11.7. The number of pyridine rings is 3. The van der Waals surface area contributed by atoms with Crippen LogP contribution in [0.25, 0.3) is 55.8 Å². The van der Waals surface area contributed by atoms with Gasteiger partial charge in [0.05, 0.1) is 28.8 Å². The monoisotopic (exact) mass is 496 g/mol. The minimum Gasteiger partial charge on any atom is -0.335 e. The van der Waals surface area contributed by atoms with E-state index in [0.717, 1.165) is 47.4 Å². The van der Waals surface area contributed by atoms with Crippen molar-refractivity contribution in [3.63, 3.8) is 0 Å². The molecule has 1 fully saturated rings. The molecule has 178 valence electrons. The molecule has 1 aliphatic rings. The molecule has 0 radical (unpaired) electrons. The van der Waals surface area contributed by atoms with E-state index in [1.54, 1.807) is 36.1 Å². The number of halogens is 1. The van der Waals surface area contributed by atoms with E-state index in [0.29, 0.717) is 28.0 Å². The molecule has 8 nitrogen and oxygen atoms in total. The van der Waals surface area contributed by atoms with Gasteiger partial charge in [-0.05, 0) is 60.0 Å². The number of nitrogens with one attached hydrogen (secondary N) is 2. The summed E-state index contributed by atoms with van der Waals surface area (Å²) in [4.78, 5) is 23.6. The average molecular weight is 497 g/mol. The van der Waals surface area contributed by atoms with Gasteiger partial charge in [0.2, 0.25) is 0 Å². The Labute approximate surface area is 209 Å². The van der Waals surface area contributed by atoms with E-state index < -0.39 is 5.82 Å². The summed E-state index contributed by atoms with van der Waals surface area (Å²) >= 11 is 1.61. The SMILES string of the molecule is Fc1c(-c2cncc(CN3CCCC3)c2)ncc2[nH]nc(-c3nc4c(-c5ccsc5)cncc4[nH]3)c12. The molecule has 2 N–H and O–H groups in total. The van der Waals surface area contributed by atoms with E-state index in [4.69, 9.17) is 4.98 Å². The third kappa shape index (κ3) is 3.57. The van der Waals surface area contributed by atoms with Crippen LogP contribution in [-0.2, 0) is 6.54 Å². The number of aromatic amines is 2. The number of fused-ring (bicyclic) bond motifs is 2. The molecule has 1 aliphatic heterocycles. The molecule has 0 aliphatic carbocycles. The summed E-state index contributed by atoms with van der Waals surface area (Å²) in [6.45, 7) is 2.98. The standard InChI is InChI=1S/C26H21FN8S/c27-22-21-19(12-30-23(22)17-7-15(8-28-9-17)13-35-4-1-2-5-35)33-34-25(21)26-31-20-11-29-10-18(24(20)32-26)16-3-6-36-14-16/h3,6-12,14H,1-2,4-5,13H2,(H,31,32)(H,33,34). The normalized spacial score (nSPS) is 14.4. The summed E-state index contributed by atoms with van der Waals surface area (Å²) in [6, 6.07) is 4.01. The van der Waals surface area contributed by atoms with Crippen molar-refractivity contribution in [1.82, 2.24) is 40.0 Å². The van der Waals surface area contributed by atoms with Crippen molar-refractivity contribution in [2.24, 2.45) is 0 Å². The van der Waals surface area contributed by atoms with Crippen LogP contribution in [0.2, 0.25) is 0 Å². The number of hydrogen-bond acceptors (Lipinski definition) is 7. The predicted molar refractivity (Wildman–Crippen MR) is 138 cm³/mol. The van der Waals surface area contributed by atoms with Gasteiger partial charge < -0.3 is 4.98 Å². The van der Waals surface area contributed by atoms with Gasteiger partial charge in [0, 0.05) is 36.3 Å². The van der Waals surface area contributed by atoms with Crippen LogP contribution < -0.4 is 0 Å². The second-order valence-corrected chi connectivity index (χ2v) is 9.81. The molecule has 0 saturated carbocycles. The first-order valence-electron chi connectivity index (χ1n) is 11.8. The minimum absolute atomic E-state index is 0.248. The Bertz CT molecular complexity index is 1700. The first-order chi connectivity index (χ1) is 17.7. The summed E-state index contributed by atoms with van der Waals surface area (Å²) in [6.07, 6.45) is 11.1. The van der Waals surface area contributed by atoms with Crippen LogP contribution in [0.4, 0.5) is 4.39 Å². The quantitative estimate of drug-likeness (QED) is 0.331. The van der Waals surface area contributed by atoms with E-state index in [-0.39, 0.29) is 5.69 Å². The van der Waals surface area contributed by atoms with Crippen molar-refractivity contribution in [2.45, 2.75) is 19.4 Å². The van der Waals surface area contributed by atoms with Gasteiger partial charge in [-0.2, -0.15) is 16.4 Å². The fourth-order valence-corrected chi connectivity index (χ4v) is 5.58. The number of H-pyrrole nitrogens is 2. The van der Waals surface area contributed by atoms with Crippen LogP contribution in [0.3, 0.4) is 0 Å². The summed E-state index contributed by atoms with van der Waals surface area (Å²) in [7, 11) is 0. The molecule has 0 spiro atoms. The Morgan fingerprint density at radius 2 is 1.86 bits per heavy atom. The van der Waals surface area contributed by atoms with Crippen molar-refractivity contribution >= 4 is 33.3 Å². The van der Waals surface area contributed by atoms with Crippen LogP contribution in [0.1, 0.15) is 18.4 Å². The smallest absolute Gasteiger partial charge is 0.161 e. The van der Waals surface area contributed by atoms with Gasteiger partial charge in [-0.3, -0.25) is 25.0 Å². The highest BCUT2D eigenvalue weighted by molar-refractivity contribution is 7.08. The molecule has 36 heavy (non-hydrogen) atoms. The van der Waals surface area contributed by atoms with E-state index in [1.807, 2.05) is 23.7 Å². The number of imidazole rings is 1.